The third-order valence-corrected chi connectivity index (χ3v) is 2.81. The number of aromatic nitrogens is 2. The summed E-state index contributed by atoms with van der Waals surface area (Å²) in [7, 11) is 0. The maximum Gasteiger partial charge on any atom is 0.137 e. The Hall–Kier alpha value is -2.10. The van der Waals surface area contributed by atoms with Crippen LogP contribution in [0, 0.1) is 0 Å². The van der Waals surface area contributed by atoms with Gasteiger partial charge in [0.25, 0.3) is 0 Å². The van der Waals surface area contributed by atoms with Crippen LogP contribution in [-0.2, 0) is 0 Å². The maximum absolute atomic E-state index is 4.36. The van der Waals surface area contributed by atoms with Gasteiger partial charge in [-0.25, -0.2) is 4.98 Å². The molecule has 0 fully saturated rings. The molecule has 1 unspecified atom stereocenters. The highest BCUT2D eigenvalue weighted by molar-refractivity contribution is 5.76. The van der Waals surface area contributed by atoms with Gasteiger partial charge >= 0.3 is 0 Å². The molecule has 0 aliphatic heterocycles. The second-order valence-corrected chi connectivity index (χ2v) is 4.19. The predicted octanol–water partition coefficient (Wildman–Crippen LogP) is 3.32. The van der Waals surface area contributed by atoms with Gasteiger partial charge < -0.3 is 10.3 Å². The molecule has 2 aromatic rings. The fourth-order valence-electron chi connectivity index (χ4n) is 1.49. The summed E-state index contributed by atoms with van der Waals surface area (Å²) in [4.78, 5) is 11.6. The van der Waals surface area contributed by atoms with Gasteiger partial charge in [-0.2, -0.15) is 0 Å². The van der Waals surface area contributed by atoms with Crippen LogP contribution in [0.4, 0.5) is 5.69 Å². The number of H-pyrrole nitrogens is 1. The van der Waals surface area contributed by atoms with Crippen molar-refractivity contribution in [3.63, 3.8) is 0 Å². The molecule has 2 rings (SSSR count). The van der Waals surface area contributed by atoms with E-state index >= 15 is 0 Å². The third-order valence-electron chi connectivity index (χ3n) is 2.81. The number of rotatable bonds is 5. The lowest BCUT2D eigenvalue weighted by Gasteiger charge is -2.03. The summed E-state index contributed by atoms with van der Waals surface area (Å²) in [5, 5.41) is 3.16. The van der Waals surface area contributed by atoms with Gasteiger partial charge in [0, 0.05) is 29.7 Å². The molecule has 0 aliphatic carbocycles. The number of hydrogen-bond acceptors (Lipinski definition) is 2. The number of benzene rings is 1. The van der Waals surface area contributed by atoms with Gasteiger partial charge in [-0.05, 0) is 37.6 Å². The minimum absolute atomic E-state index is 0.361. The van der Waals surface area contributed by atoms with E-state index in [-0.39, 0.29) is 0 Å². The first-order chi connectivity index (χ1) is 8.79. The summed E-state index contributed by atoms with van der Waals surface area (Å²) < 4.78 is 0. The van der Waals surface area contributed by atoms with E-state index in [1.807, 2.05) is 30.5 Å². The zero-order valence-electron chi connectivity index (χ0n) is 10.7. The molecule has 0 saturated heterocycles. The molecule has 0 aliphatic rings. The number of anilines is 1. The third kappa shape index (κ3) is 3.20. The summed E-state index contributed by atoms with van der Waals surface area (Å²) in [6.07, 6.45) is 6.38. The lowest BCUT2D eigenvalue weighted by molar-refractivity contribution is 0.720. The number of aliphatic imine (C=N–C) groups is 1. The Morgan fingerprint density at radius 3 is 2.78 bits per heavy atom. The van der Waals surface area contributed by atoms with Crippen LogP contribution in [0.2, 0.25) is 0 Å². The number of nitrogens with zero attached hydrogens (tertiary/aromatic N) is 2. The number of imidazole rings is 1. The lowest BCUT2D eigenvalue weighted by atomic mass is 10.2. The van der Waals surface area contributed by atoms with Crippen LogP contribution in [0.1, 0.15) is 20.3 Å². The van der Waals surface area contributed by atoms with E-state index in [0.717, 1.165) is 23.5 Å². The molecule has 0 spiro atoms. The van der Waals surface area contributed by atoms with Crippen LogP contribution in [-0.4, -0.2) is 22.3 Å². The summed E-state index contributed by atoms with van der Waals surface area (Å²) in [5.41, 5.74) is 2.10. The topological polar surface area (TPSA) is 53.1 Å². The van der Waals surface area contributed by atoms with Gasteiger partial charge in [0.05, 0.1) is 6.34 Å². The van der Waals surface area contributed by atoms with Crippen molar-refractivity contribution in [1.82, 2.24) is 9.97 Å². The second kappa shape index (κ2) is 6.00. The molecule has 2 N–H and O–H groups in total. The highest BCUT2D eigenvalue weighted by Crippen LogP contribution is 2.17. The average Bonchev–Trinajstić information content (AvgIpc) is 2.93. The smallest absolute Gasteiger partial charge is 0.137 e. The monoisotopic (exact) mass is 242 g/mol. The maximum atomic E-state index is 4.36. The van der Waals surface area contributed by atoms with Crippen molar-refractivity contribution < 1.29 is 0 Å². The van der Waals surface area contributed by atoms with Gasteiger partial charge in [0.1, 0.15) is 5.82 Å². The Labute approximate surface area is 107 Å². The van der Waals surface area contributed by atoms with Gasteiger partial charge in [0.15, 0.2) is 0 Å². The first kappa shape index (κ1) is 12.4. The molecule has 4 heteroatoms. The normalized spacial score (nSPS) is 12.8. The van der Waals surface area contributed by atoms with Gasteiger partial charge in [-0.15, -0.1) is 0 Å². The minimum atomic E-state index is 0.361. The molecule has 4 nitrogen and oxygen atoms in total. The molecule has 0 amide bonds. The molecule has 1 aromatic carbocycles. The Morgan fingerprint density at radius 2 is 2.17 bits per heavy atom. The van der Waals surface area contributed by atoms with E-state index in [9.17, 15) is 0 Å². The van der Waals surface area contributed by atoms with Crippen LogP contribution in [0.5, 0.6) is 0 Å². The molecular formula is C14H18N4. The Kier molecular flexibility index (Phi) is 4.12. The van der Waals surface area contributed by atoms with E-state index in [1.165, 1.54) is 0 Å². The summed E-state index contributed by atoms with van der Waals surface area (Å²) >= 11 is 0. The molecular weight excluding hydrogens is 224 g/mol. The zero-order valence-corrected chi connectivity index (χ0v) is 10.7. The highest BCUT2D eigenvalue weighted by atomic mass is 14.9. The van der Waals surface area contributed by atoms with Crippen molar-refractivity contribution in [1.29, 1.82) is 0 Å². The molecule has 94 valence electrons. The molecule has 1 atom stereocenters. The molecule has 1 aromatic heterocycles. The van der Waals surface area contributed by atoms with Gasteiger partial charge in [0.2, 0.25) is 0 Å². The van der Waals surface area contributed by atoms with E-state index in [2.05, 4.69) is 34.1 Å². The summed E-state index contributed by atoms with van der Waals surface area (Å²) in [5.74, 6) is 0.884. The Balaban J connectivity index is 1.98. The van der Waals surface area contributed by atoms with Crippen LogP contribution < -0.4 is 5.32 Å². The van der Waals surface area contributed by atoms with Crippen LogP contribution in [0.3, 0.4) is 0 Å². The predicted molar refractivity (Wildman–Crippen MR) is 75.9 cm³/mol. The Morgan fingerprint density at radius 1 is 1.39 bits per heavy atom. The summed E-state index contributed by atoms with van der Waals surface area (Å²) in [6, 6.07) is 8.44. The SMILES string of the molecule is CCC(C)N=CNc1ccc(-c2ncc[nH]2)cc1. The van der Waals surface area contributed by atoms with E-state index in [0.29, 0.717) is 6.04 Å². The van der Waals surface area contributed by atoms with Crippen molar-refractivity contribution in [3.05, 3.63) is 36.7 Å². The average molecular weight is 242 g/mol. The van der Waals surface area contributed by atoms with E-state index < -0.39 is 0 Å². The van der Waals surface area contributed by atoms with Crippen molar-refractivity contribution in [3.8, 4) is 11.4 Å². The molecule has 0 bridgehead atoms. The van der Waals surface area contributed by atoms with Gasteiger partial charge in [-0.1, -0.05) is 6.92 Å². The van der Waals surface area contributed by atoms with Crippen molar-refractivity contribution in [2.24, 2.45) is 4.99 Å². The molecule has 1 heterocycles. The minimum Gasteiger partial charge on any atom is -0.347 e. The van der Waals surface area contributed by atoms with Crippen LogP contribution in [0.15, 0.2) is 41.7 Å². The molecule has 0 radical (unpaired) electrons. The van der Waals surface area contributed by atoms with Crippen molar-refractivity contribution >= 4 is 12.0 Å². The standard InChI is InChI=1S/C14H18N4/c1-3-11(2)17-10-18-13-6-4-12(5-7-13)14-15-8-9-16-14/h4-11H,3H2,1-2H3,(H,15,16)(H,17,18). The quantitative estimate of drug-likeness (QED) is 0.624. The first-order valence-electron chi connectivity index (χ1n) is 6.17. The molecule has 0 saturated carbocycles. The highest BCUT2D eigenvalue weighted by Gasteiger charge is 1.98. The summed E-state index contributed by atoms with van der Waals surface area (Å²) in [6.45, 7) is 4.22. The fourth-order valence-corrected chi connectivity index (χ4v) is 1.49. The van der Waals surface area contributed by atoms with E-state index in [1.54, 1.807) is 12.5 Å². The zero-order chi connectivity index (χ0) is 12.8. The fraction of sp³-hybridized carbons (Fsp3) is 0.286. The Bertz CT molecular complexity index is 485. The lowest BCUT2D eigenvalue weighted by Crippen LogP contribution is -2.00. The second-order valence-electron chi connectivity index (χ2n) is 4.19. The largest absolute Gasteiger partial charge is 0.347 e. The number of hydrogen-bond donors (Lipinski definition) is 2. The first-order valence-corrected chi connectivity index (χ1v) is 6.17. The van der Waals surface area contributed by atoms with E-state index in [4.69, 9.17) is 0 Å². The van der Waals surface area contributed by atoms with Crippen LogP contribution >= 0.6 is 0 Å². The van der Waals surface area contributed by atoms with Crippen LogP contribution in [0.25, 0.3) is 11.4 Å². The molecule has 18 heavy (non-hydrogen) atoms. The van der Waals surface area contributed by atoms with Gasteiger partial charge in [-0.3, -0.25) is 4.99 Å². The number of nitrogens with one attached hydrogen (secondary N) is 2. The number of aromatic amines is 1. The van der Waals surface area contributed by atoms with Crippen molar-refractivity contribution in [2.75, 3.05) is 5.32 Å². The van der Waals surface area contributed by atoms with Crippen molar-refractivity contribution in [2.45, 2.75) is 26.3 Å².